The summed E-state index contributed by atoms with van der Waals surface area (Å²) in [7, 11) is 2.15. The van der Waals surface area contributed by atoms with Crippen LogP contribution >= 0.6 is 0 Å². The summed E-state index contributed by atoms with van der Waals surface area (Å²) < 4.78 is 2.30. The van der Waals surface area contributed by atoms with Crippen LogP contribution < -0.4 is 4.90 Å². The summed E-state index contributed by atoms with van der Waals surface area (Å²) in [5.74, 6) is 0. The Morgan fingerprint density at radius 1 is 0.906 bits per heavy atom. The first-order valence-electron chi connectivity index (χ1n) is 11.2. The second-order valence-corrected chi connectivity index (χ2v) is 8.83. The van der Waals surface area contributed by atoms with Crippen LogP contribution in [0.1, 0.15) is 37.0 Å². The van der Waals surface area contributed by atoms with E-state index < -0.39 is 0 Å². The molecule has 160 valence electrons. The number of rotatable bonds is 7. The zero-order valence-electron chi connectivity index (χ0n) is 19.1. The van der Waals surface area contributed by atoms with Crippen molar-refractivity contribution >= 4 is 23.2 Å². The van der Waals surface area contributed by atoms with Gasteiger partial charge in [-0.3, -0.25) is 0 Å². The number of nitrogens with zero attached hydrogens (tertiary/aromatic N) is 3. The Morgan fingerprint density at radius 3 is 2.28 bits per heavy atom. The minimum atomic E-state index is -0.0223. The molecule has 32 heavy (non-hydrogen) atoms. The van der Waals surface area contributed by atoms with E-state index in [0.29, 0.717) is 6.42 Å². The number of benzene rings is 3. The molecular formula is C29H30N3+. The lowest BCUT2D eigenvalue weighted by Crippen LogP contribution is -2.26. The molecule has 0 spiro atoms. The third kappa shape index (κ3) is 4.36. The maximum absolute atomic E-state index is 9.08. The predicted octanol–water partition coefficient (Wildman–Crippen LogP) is 6.33. The Hall–Kier alpha value is -3.64. The maximum atomic E-state index is 9.08. The molecule has 3 aromatic carbocycles. The zero-order chi connectivity index (χ0) is 22.6. The van der Waals surface area contributed by atoms with Gasteiger partial charge in [0.05, 0.1) is 17.9 Å². The summed E-state index contributed by atoms with van der Waals surface area (Å²) in [5, 5.41) is 9.08. The Bertz CT molecular complexity index is 1180. The van der Waals surface area contributed by atoms with Crippen molar-refractivity contribution in [2.75, 3.05) is 18.5 Å². The van der Waals surface area contributed by atoms with Gasteiger partial charge in [-0.25, -0.2) is 0 Å². The molecular weight excluding hydrogens is 390 g/mol. The molecule has 1 aliphatic rings. The molecule has 3 aromatic rings. The number of allylic oxidation sites excluding steroid dienone is 1. The van der Waals surface area contributed by atoms with Gasteiger partial charge in [-0.15, -0.1) is 0 Å². The second-order valence-electron chi connectivity index (χ2n) is 8.83. The van der Waals surface area contributed by atoms with Crippen molar-refractivity contribution in [3.63, 3.8) is 0 Å². The van der Waals surface area contributed by atoms with Gasteiger partial charge in [0, 0.05) is 36.5 Å². The summed E-state index contributed by atoms with van der Waals surface area (Å²) in [6.07, 6.45) is 4.95. The minimum absolute atomic E-state index is 0.0223. The fourth-order valence-corrected chi connectivity index (χ4v) is 4.56. The molecule has 0 atom stereocenters. The van der Waals surface area contributed by atoms with Gasteiger partial charge in [0.15, 0.2) is 5.71 Å². The molecule has 3 nitrogen and oxygen atoms in total. The number of anilines is 1. The van der Waals surface area contributed by atoms with Gasteiger partial charge in [-0.2, -0.15) is 9.84 Å². The van der Waals surface area contributed by atoms with Crippen LogP contribution in [0.5, 0.6) is 0 Å². The van der Waals surface area contributed by atoms with E-state index in [2.05, 4.69) is 121 Å². The molecule has 0 aromatic heterocycles. The smallest absolute Gasteiger partial charge is 0.209 e. The fraction of sp³-hybridized carbons (Fsp3) is 0.241. The van der Waals surface area contributed by atoms with Gasteiger partial charge < -0.3 is 4.90 Å². The third-order valence-corrected chi connectivity index (χ3v) is 6.34. The standard InChI is InChI=1S/C29H30N3/c1-29(2)26-12-7-8-13-27(26)31(3)28(29)19-16-23-14-17-25(18-15-23)32(21-9-20-30)22-24-10-5-4-6-11-24/h4-8,10-19H,9,21-22H2,1-3H3/q+1. The molecule has 4 rings (SSSR count). The van der Waals surface area contributed by atoms with Crippen LogP contribution in [0.15, 0.2) is 84.9 Å². The average Bonchev–Trinajstić information content (AvgIpc) is 3.01. The normalized spacial score (nSPS) is 14.4. The Labute approximate surface area is 191 Å². The highest BCUT2D eigenvalue weighted by Crippen LogP contribution is 2.39. The summed E-state index contributed by atoms with van der Waals surface area (Å²) >= 11 is 0. The summed E-state index contributed by atoms with van der Waals surface area (Å²) in [4.78, 5) is 2.27. The van der Waals surface area contributed by atoms with Crippen molar-refractivity contribution in [2.24, 2.45) is 0 Å². The highest BCUT2D eigenvalue weighted by atomic mass is 15.1. The van der Waals surface area contributed by atoms with Crippen molar-refractivity contribution in [2.45, 2.75) is 32.2 Å². The molecule has 1 heterocycles. The molecule has 0 bridgehead atoms. The molecule has 0 saturated heterocycles. The van der Waals surface area contributed by atoms with E-state index in [4.69, 9.17) is 5.26 Å². The summed E-state index contributed by atoms with van der Waals surface area (Å²) in [5.41, 5.74) is 7.47. The summed E-state index contributed by atoms with van der Waals surface area (Å²) in [6.45, 7) is 6.09. The predicted molar refractivity (Wildman–Crippen MR) is 134 cm³/mol. The third-order valence-electron chi connectivity index (χ3n) is 6.34. The molecule has 0 unspecified atom stereocenters. The molecule has 0 fully saturated rings. The Kier molecular flexibility index (Phi) is 6.23. The van der Waals surface area contributed by atoms with Gasteiger partial charge in [-0.1, -0.05) is 60.7 Å². The van der Waals surface area contributed by atoms with Crippen LogP contribution in [0.3, 0.4) is 0 Å². The van der Waals surface area contributed by atoms with Crippen LogP contribution in [0.25, 0.3) is 6.08 Å². The lowest BCUT2D eigenvalue weighted by atomic mass is 9.81. The second kappa shape index (κ2) is 9.24. The molecule has 3 heteroatoms. The Morgan fingerprint density at radius 2 is 1.59 bits per heavy atom. The van der Waals surface area contributed by atoms with Gasteiger partial charge in [0.2, 0.25) is 5.69 Å². The van der Waals surface area contributed by atoms with Crippen LogP contribution in [0.2, 0.25) is 0 Å². The first kappa shape index (κ1) is 21.6. The van der Waals surface area contributed by atoms with Gasteiger partial charge >= 0.3 is 0 Å². The van der Waals surface area contributed by atoms with Crippen molar-refractivity contribution in [1.29, 1.82) is 5.26 Å². The van der Waals surface area contributed by atoms with Gasteiger partial charge in [-0.05, 0) is 43.2 Å². The number of para-hydroxylation sites is 1. The number of hydrogen-bond donors (Lipinski definition) is 0. The fourth-order valence-electron chi connectivity index (χ4n) is 4.56. The lowest BCUT2D eigenvalue weighted by molar-refractivity contribution is -0.401. The van der Waals surface area contributed by atoms with Gasteiger partial charge in [0.25, 0.3) is 0 Å². The number of hydrogen-bond acceptors (Lipinski definition) is 2. The minimum Gasteiger partial charge on any atom is -0.366 e. The van der Waals surface area contributed by atoms with Crippen LogP contribution in [0, 0.1) is 11.3 Å². The molecule has 0 radical (unpaired) electrons. The van der Waals surface area contributed by atoms with Gasteiger partial charge in [0.1, 0.15) is 7.05 Å². The number of nitriles is 1. The molecule has 0 N–H and O–H groups in total. The highest BCUT2D eigenvalue weighted by molar-refractivity contribution is 6.05. The van der Waals surface area contributed by atoms with Crippen LogP contribution in [-0.4, -0.2) is 23.9 Å². The monoisotopic (exact) mass is 420 g/mol. The van der Waals surface area contributed by atoms with E-state index in [1.165, 1.54) is 28.1 Å². The SMILES string of the molecule is C[N+]1=C(/C=C/c2ccc(N(CCC#N)Cc3ccccc3)cc2)C(C)(C)c2ccccc21. The Balaban J connectivity index is 1.54. The molecule has 0 saturated carbocycles. The topological polar surface area (TPSA) is 30.0 Å². The van der Waals surface area contributed by atoms with Crippen molar-refractivity contribution in [3.8, 4) is 6.07 Å². The van der Waals surface area contributed by atoms with Crippen LogP contribution in [-0.2, 0) is 12.0 Å². The van der Waals surface area contributed by atoms with E-state index in [0.717, 1.165) is 18.8 Å². The quantitative estimate of drug-likeness (QED) is 0.418. The molecule has 0 aliphatic carbocycles. The van der Waals surface area contributed by atoms with Crippen molar-refractivity contribution < 1.29 is 4.58 Å². The molecule has 0 amide bonds. The van der Waals surface area contributed by atoms with E-state index in [9.17, 15) is 0 Å². The first-order valence-corrected chi connectivity index (χ1v) is 11.2. The molecule has 1 aliphatic heterocycles. The maximum Gasteiger partial charge on any atom is 0.209 e. The first-order chi connectivity index (χ1) is 15.5. The van der Waals surface area contributed by atoms with E-state index in [-0.39, 0.29) is 5.41 Å². The zero-order valence-corrected chi connectivity index (χ0v) is 19.1. The largest absolute Gasteiger partial charge is 0.366 e. The lowest BCUT2D eigenvalue weighted by Gasteiger charge is -2.24. The van der Waals surface area contributed by atoms with Crippen LogP contribution in [0.4, 0.5) is 11.4 Å². The van der Waals surface area contributed by atoms with Crippen molar-refractivity contribution in [3.05, 3.63) is 102 Å². The van der Waals surface area contributed by atoms with E-state index >= 15 is 0 Å². The summed E-state index contributed by atoms with van der Waals surface area (Å²) in [6, 6.07) is 30.0. The van der Waals surface area contributed by atoms with Crippen molar-refractivity contribution in [1.82, 2.24) is 0 Å². The highest BCUT2D eigenvalue weighted by Gasteiger charge is 2.42. The average molecular weight is 421 g/mol. The van der Waals surface area contributed by atoms with E-state index in [1.54, 1.807) is 0 Å². The van der Waals surface area contributed by atoms with E-state index in [1.807, 2.05) is 6.07 Å². The number of fused-ring (bicyclic) bond motifs is 1.